The second kappa shape index (κ2) is 8.86. The van der Waals surface area contributed by atoms with Gasteiger partial charge in [0.2, 0.25) is 0 Å². The van der Waals surface area contributed by atoms with Crippen molar-refractivity contribution in [1.82, 2.24) is 9.78 Å². The molecule has 0 radical (unpaired) electrons. The molecule has 0 aliphatic rings. The van der Waals surface area contributed by atoms with E-state index in [1.54, 1.807) is 43.4 Å². The predicted octanol–water partition coefficient (Wildman–Crippen LogP) is 3.33. The van der Waals surface area contributed by atoms with E-state index >= 15 is 0 Å². The lowest BCUT2D eigenvalue weighted by atomic mass is 10.1. The number of benzene rings is 2. The van der Waals surface area contributed by atoms with Crippen LogP contribution in [0.1, 0.15) is 15.9 Å². The summed E-state index contributed by atoms with van der Waals surface area (Å²) in [4.78, 5) is 12.5. The largest absolute Gasteiger partial charge is 0.493 e. The van der Waals surface area contributed by atoms with Crippen LogP contribution in [0, 0.1) is 0 Å². The molecule has 7 heteroatoms. The topological polar surface area (TPSA) is 74.6 Å². The van der Waals surface area contributed by atoms with Crippen molar-refractivity contribution in [2.75, 3.05) is 19.5 Å². The third kappa shape index (κ3) is 4.86. The minimum Gasteiger partial charge on any atom is -0.493 e. The Morgan fingerprint density at radius 1 is 1.11 bits per heavy atom. The van der Waals surface area contributed by atoms with Crippen LogP contribution in [-0.2, 0) is 18.1 Å². The number of amides is 1. The average molecular weight is 367 g/mol. The second-order valence-corrected chi connectivity index (χ2v) is 5.78. The maximum absolute atomic E-state index is 12.5. The average Bonchev–Trinajstić information content (AvgIpc) is 3.14. The third-order valence-electron chi connectivity index (χ3n) is 3.81. The molecule has 0 spiro atoms. The molecule has 0 saturated carbocycles. The highest BCUT2D eigenvalue weighted by molar-refractivity contribution is 6.04. The highest BCUT2D eigenvalue weighted by Gasteiger charge is 2.09. The van der Waals surface area contributed by atoms with Crippen LogP contribution in [0.15, 0.2) is 60.9 Å². The van der Waals surface area contributed by atoms with Crippen molar-refractivity contribution >= 4 is 11.6 Å². The van der Waals surface area contributed by atoms with Gasteiger partial charge >= 0.3 is 0 Å². The molecule has 0 atom stereocenters. The van der Waals surface area contributed by atoms with Gasteiger partial charge in [0.05, 0.1) is 25.2 Å². The second-order valence-electron chi connectivity index (χ2n) is 5.78. The molecule has 0 aliphatic carbocycles. The Kier molecular flexibility index (Phi) is 6.06. The molecule has 0 bridgehead atoms. The number of para-hydroxylation sites is 2. The number of hydrogen-bond donors (Lipinski definition) is 1. The standard InChI is InChI=1S/C20H21N3O4/c1-25-14-23-12-17(11-21-23)22-20(24)16-7-5-6-15(10-16)13-27-19-9-4-3-8-18(19)26-2/h3-12H,13-14H2,1-2H3,(H,22,24). The SMILES string of the molecule is COCn1cc(NC(=O)c2cccc(COc3ccccc3OC)c2)cn1. The summed E-state index contributed by atoms with van der Waals surface area (Å²) in [6, 6.07) is 14.7. The van der Waals surface area contributed by atoms with Crippen LogP contribution < -0.4 is 14.8 Å². The Morgan fingerprint density at radius 2 is 1.93 bits per heavy atom. The molecule has 27 heavy (non-hydrogen) atoms. The number of carbonyl (C=O) groups excluding carboxylic acids is 1. The van der Waals surface area contributed by atoms with Gasteiger partial charge in [-0.3, -0.25) is 4.79 Å². The van der Waals surface area contributed by atoms with Gasteiger partial charge in [-0.25, -0.2) is 4.68 Å². The minimum absolute atomic E-state index is 0.217. The van der Waals surface area contributed by atoms with Crippen molar-refractivity contribution in [3.8, 4) is 11.5 Å². The number of carbonyl (C=O) groups is 1. The van der Waals surface area contributed by atoms with E-state index in [9.17, 15) is 4.79 Å². The molecule has 1 aromatic heterocycles. The minimum atomic E-state index is -0.217. The first-order chi connectivity index (χ1) is 13.2. The maximum Gasteiger partial charge on any atom is 0.255 e. The molecular weight excluding hydrogens is 346 g/mol. The molecule has 3 aromatic rings. The molecule has 7 nitrogen and oxygen atoms in total. The summed E-state index contributed by atoms with van der Waals surface area (Å²) in [5, 5.41) is 6.91. The molecule has 140 valence electrons. The highest BCUT2D eigenvalue weighted by Crippen LogP contribution is 2.26. The molecular formula is C20H21N3O4. The van der Waals surface area contributed by atoms with Crippen molar-refractivity contribution in [1.29, 1.82) is 0 Å². The quantitative estimate of drug-likeness (QED) is 0.661. The van der Waals surface area contributed by atoms with Gasteiger partial charge in [-0.15, -0.1) is 0 Å². The fourth-order valence-electron chi connectivity index (χ4n) is 2.54. The number of methoxy groups -OCH3 is 2. The number of ether oxygens (including phenoxy) is 3. The van der Waals surface area contributed by atoms with E-state index in [1.165, 1.54) is 0 Å². The zero-order chi connectivity index (χ0) is 19.1. The summed E-state index contributed by atoms with van der Waals surface area (Å²) in [6.07, 6.45) is 3.28. The number of anilines is 1. The van der Waals surface area contributed by atoms with E-state index in [2.05, 4.69) is 10.4 Å². The van der Waals surface area contributed by atoms with Crippen LogP contribution in [0.2, 0.25) is 0 Å². The van der Waals surface area contributed by atoms with E-state index in [0.717, 1.165) is 5.56 Å². The molecule has 3 rings (SSSR count). The molecule has 1 amide bonds. The zero-order valence-electron chi connectivity index (χ0n) is 15.2. The predicted molar refractivity (Wildman–Crippen MR) is 101 cm³/mol. The Balaban J connectivity index is 1.64. The lowest BCUT2D eigenvalue weighted by Gasteiger charge is -2.11. The van der Waals surface area contributed by atoms with Gasteiger partial charge in [-0.2, -0.15) is 5.10 Å². The summed E-state index contributed by atoms with van der Waals surface area (Å²) in [5.74, 6) is 1.10. The van der Waals surface area contributed by atoms with Crippen LogP contribution >= 0.6 is 0 Å². The van der Waals surface area contributed by atoms with Crippen LogP contribution in [0.4, 0.5) is 5.69 Å². The molecule has 2 aromatic carbocycles. The van der Waals surface area contributed by atoms with Crippen LogP contribution in [0.5, 0.6) is 11.5 Å². The van der Waals surface area contributed by atoms with Crippen LogP contribution in [0.25, 0.3) is 0 Å². The molecule has 0 aliphatic heterocycles. The Bertz CT molecular complexity index is 908. The third-order valence-corrected chi connectivity index (χ3v) is 3.81. The van der Waals surface area contributed by atoms with Crippen molar-refractivity contribution < 1.29 is 19.0 Å². The summed E-state index contributed by atoms with van der Waals surface area (Å²) in [5.41, 5.74) is 2.02. The first-order valence-electron chi connectivity index (χ1n) is 8.37. The first-order valence-corrected chi connectivity index (χ1v) is 8.37. The van der Waals surface area contributed by atoms with Gasteiger partial charge in [0.1, 0.15) is 13.3 Å². The first kappa shape index (κ1) is 18.5. The maximum atomic E-state index is 12.5. The Morgan fingerprint density at radius 3 is 2.70 bits per heavy atom. The van der Waals surface area contributed by atoms with Crippen LogP contribution in [0.3, 0.4) is 0 Å². The monoisotopic (exact) mass is 367 g/mol. The summed E-state index contributed by atoms with van der Waals surface area (Å²) < 4.78 is 17.7. The zero-order valence-corrected chi connectivity index (χ0v) is 15.2. The van der Waals surface area contributed by atoms with E-state index < -0.39 is 0 Å². The number of rotatable bonds is 8. The molecule has 0 saturated heterocycles. The van der Waals surface area contributed by atoms with E-state index in [-0.39, 0.29) is 5.91 Å². The molecule has 0 unspecified atom stereocenters. The van der Waals surface area contributed by atoms with Crippen molar-refractivity contribution in [2.45, 2.75) is 13.3 Å². The van der Waals surface area contributed by atoms with Crippen molar-refractivity contribution in [2.24, 2.45) is 0 Å². The highest BCUT2D eigenvalue weighted by atomic mass is 16.5. The lowest BCUT2D eigenvalue weighted by Crippen LogP contribution is -2.12. The molecule has 1 heterocycles. The number of aromatic nitrogens is 2. The van der Waals surface area contributed by atoms with Crippen molar-refractivity contribution in [3.63, 3.8) is 0 Å². The van der Waals surface area contributed by atoms with E-state index in [0.29, 0.717) is 36.1 Å². The Labute approximate surface area is 157 Å². The van der Waals surface area contributed by atoms with Gasteiger partial charge in [0.25, 0.3) is 5.91 Å². The van der Waals surface area contributed by atoms with Gasteiger partial charge < -0.3 is 19.5 Å². The fourth-order valence-corrected chi connectivity index (χ4v) is 2.54. The summed E-state index contributed by atoms with van der Waals surface area (Å²) in [6.45, 7) is 0.652. The summed E-state index contributed by atoms with van der Waals surface area (Å²) >= 11 is 0. The smallest absolute Gasteiger partial charge is 0.255 e. The van der Waals surface area contributed by atoms with E-state index in [1.807, 2.05) is 36.4 Å². The van der Waals surface area contributed by atoms with E-state index in [4.69, 9.17) is 14.2 Å². The summed E-state index contributed by atoms with van der Waals surface area (Å²) in [7, 11) is 3.18. The van der Waals surface area contributed by atoms with Gasteiger partial charge in [0, 0.05) is 12.7 Å². The van der Waals surface area contributed by atoms with Crippen molar-refractivity contribution in [3.05, 3.63) is 72.1 Å². The Hall–Kier alpha value is -3.32. The van der Waals surface area contributed by atoms with Crippen LogP contribution in [-0.4, -0.2) is 29.9 Å². The number of hydrogen-bond acceptors (Lipinski definition) is 5. The normalized spacial score (nSPS) is 10.4. The lowest BCUT2D eigenvalue weighted by molar-refractivity contribution is 0.102. The van der Waals surface area contributed by atoms with Gasteiger partial charge in [0.15, 0.2) is 11.5 Å². The van der Waals surface area contributed by atoms with Gasteiger partial charge in [-0.1, -0.05) is 24.3 Å². The number of nitrogens with zero attached hydrogens (tertiary/aromatic N) is 2. The number of nitrogens with one attached hydrogen (secondary N) is 1. The molecule has 1 N–H and O–H groups in total. The fraction of sp³-hybridized carbons (Fsp3) is 0.200. The van der Waals surface area contributed by atoms with Gasteiger partial charge in [-0.05, 0) is 29.8 Å². The molecule has 0 fully saturated rings.